The van der Waals surface area contributed by atoms with Crippen LogP contribution in [0.4, 0.5) is 0 Å². The normalized spacial score (nSPS) is 26.8. The Morgan fingerprint density at radius 1 is 0.875 bits per heavy atom. The first-order valence-corrected chi connectivity index (χ1v) is 12.5. The lowest BCUT2D eigenvalue weighted by atomic mass is 9.85. The first-order valence-electron chi connectivity index (χ1n) is 11.1. The van der Waals surface area contributed by atoms with Gasteiger partial charge in [-0.15, -0.1) is 0 Å². The van der Waals surface area contributed by atoms with Gasteiger partial charge in [0.1, 0.15) is 0 Å². The summed E-state index contributed by atoms with van der Waals surface area (Å²) in [7, 11) is -3.68. The molecule has 2 atom stereocenters. The maximum atomic E-state index is 13.2. The molecular formula is C22H27N3O6S. The molecule has 0 unspecified atom stereocenters. The third kappa shape index (κ3) is 3.80. The fourth-order valence-electron chi connectivity index (χ4n) is 4.77. The number of ether oxygens (including phenoxy) is 2. The van der Waals surface area contributed by atoms with Crippen LogP contribution >= 0.6 is 0 Å². The third-order valence-electron chi connectivity index (χ3n) is 6.63. The molecule has 3 aliphatic heterocycles. The number of fused-ring (bicyclic) bond motifs is 2. The number of piperazine rings is 1. The molecule has 0 radical (unpaired) electrons. The Balaban J connectivity index is 1.22. The molecule has 2 saturated heterocycles. The number of benzene rings is 1. The Morgan fingerprint density at radius 2 is 1.50 bits per heavy atom. The monoisotopic (exact) mass is 461 g/mol. The van der Waals surface area contributed by atoms with Crippen molar-refractivity contribution in [3.05, 3.63) is 30.4 Å². The molecule has 9 nitrogen and oxygen atoms in total. The highest BCUT2D eigenvalue weighted by atomic mass is 32.2. The maximum Gasteiger partial charge on any atom is 0.243 e. The molecule has 172 valence electrons. The number of sulfonamides is 1. The number of carbonyl (C=O) groups is 2. The highest BCUT2D eigenvalue weighted by Crippen LogP contribution is 2.36. The van der Waals surface area contributed by atoms with Gasteiger partial charge in [-0.3, -0.25) is 19.4 Å². The summed E-state index contributed by atoms with van der Waals surface area (Å²) >= 11 is 0. The summed E-state index contributed by atoms with van der Waals surface area (Å²) < 4.78 is 39.0. The van der Waals surface area contributed by atoms with Crippen molar-refractivity contribution in [1.82, 2.24) is 14.1 Å². The predicted molar refractivity (Wildman–Crippen MR) is 114 cm³/mol. The topological polar surface area (TPSA) is 96.5 Å². The first-order chi connectivity index (χ1) is 15.4. The number of hydrogen-bond acceptors (Lipinski definition) is 7. The Hall–Kier alpha value is -2.43. The van der Waals surface area contributed by atoms with Crippen LogP contribution in [0.1, 0.15) is 19.3 Å². The van der Waals surface area contributed by atoms with Crippen molar-refractivity contribution in [3.63, 3.8) is 0 Å². The Morgan fingerprint density at radius 3 is 2.16 bits per heavy atom. The fraction of sp³-hybridized carbons (Fsp3) is 0.545. The SMILES string of the molecule is O=C1[C@@H]2CC=CC[C@H]2C(=O)N1CN1CCN(S(=O)(=O)c2ccc3c(c2)OCCCO3)CC1. The Labute approximate surface area is 187 Å². The van der Waals surface area contributed by atoms with Gasteiger partial charge in [0.2, 0.25) is 21.8 Å². The van der Waals surface area contributed by atoms with Gasteiger partial charge < -0.3 is 9.47 Å². The van der Waals surface area contributed by atoms with Gasteiger partial charge in [0.15, 0.2) is 11.5 Å². The van der Waals surface area contributed by atoms with Crippen molar-refractivity contribution < 1.29 is 27.5 Å². The minimum absolute atomic E-state index is 0.105. The molecule has 2 amide bonds. The summed E-state index contributed by atoms with van der Waals surface area (Å²) in [4.78, 5) is 28.9. The molecule has 1 aromatic carbocycles. The van der Waals surface area contributed by atoms with E-state index in [2.05, 4.69) is 0 Å². The van der Waals surface area contributed by atoms with Crippen molar-refractivity contribution in [1.29, 1.82) is 0 Å². The lowest BCUT2D eigenvalue weighted by molar-refractivity contribution is -0.142. The Bertz CT molecular complexity index is 1020. The highest BCUT2D eigenvalue weighted by Gasteiger charge is 2.47. The second kappa shape index (κ2) is 8.49. The van der Waals surface area contributed by atoms with Crippen LogP contribution in [0.2, 0.25) is 0 Å². The van der Waals surface area contributed by atoms with Crippen molar-refractivity contribution in [2.45, 2.75) is 24.2 Å². The quantitative estimate of drug-likeness (QED) is 0.489. The molecule has 32 heavy (non-hydrogen) atoms. The second-order valence-corrected chi connectivity index (χ2v) is 10.5. The number of hydrogen-bond donors (Lipinski definition) is 0. The van der Waals surface area contributed by atoms with E-state index in [-0.39, 0.29) is 35.2 Å². The molecule has 2 fully saturated rings. The number of imide groups is 1. The van der Waals surface area contributed by atoms with Crippen molar-refractivity contribution >= 4 is 21.8 Å². The summed E-state index contributed by atoms with van der Waals surface area (Å²) in [5, 5.41) is 0. The zero-order valence-electron chi connectivity index (χ0n) is 17.8. The first kappa shape index (κ1) is 21.4. The second-order valence-electron chi connectivity index (χ2n) is 8.58. The molecule has 0 saturated carbocycles. The van der Waals surface area contributed by atoms with E-state index in [1.807, 2.05) is 17.1 Å². The minimum atomic E-state index is -3.68. The van der Waals surface area contributed by atoms with Gasteiger partial charge in [-0.25, -0.2) is 8.42 Å². The predicted octanol–water partition coefficient (Wildman–Crippen LogP) is 1.06. The summed E-state index contributed by atoms with van der Waals surface area (Å²) in [5.74, 6) is 0.312. The largest absolute Gasteiger partial charge is 0.490 e. The van der Waals surface area contributed by atoms with Crippen LogP contribution in [0, 0.1) is 11.8 Å². The molecule has 0 spiro atoms. The minimum Gasteiger partial charge on any atom is -0.490 e. The van der Waals surface area contributed by atoms with E-state index in [1.54, 1.807) is 12.1 Å². The molecule has 4 aliphatic rings. The molecule has 0 aromatic heterocycles. The highest BCUT2D eigenvalue weighted by molar-refractivity contribution is 7.89. The summed E-state index contributed by atoms with van der Waals surface area (Å²) in [6.07, 6.45) is 5.93. The van der Waals surface area contributed by atoms with Crippen LogP contribution in [0.5, 0.6) is 11.5 Å². The van der Waals surface area contributed by atoms with Gasteiger partial charge in [-0.1, -0.05) is 12.2 Å². The molecule has 10 heteroatoms. The van der Waals surface area contributed by atoms with Gasteiger partial charge in [0, 0.05) is 38.7 Å². The lowest BCUT2D eigenvalue weighted by Crippen LogP contribution is -2.52. The van der Waals surface area contributed by atoms with Crippen molar-refractivity contribution in [2.24, 2.45) is 11.8 Å². The molecular weight excluding hydrogens is 434 g/mol. The number of rotatable bonds is 4. The van der Waals surface area contributed by atoms with E-state index in [0.29, 0.717) is 63.7 Å². The molecule has 0 N–H and O–H groups in total. The molecule has 1 aliphatic carbocycles. The van der Waals surface area contributed by atoms with Crippen LogP contribution in [-0.4, -0.2) is 80.4 Å². The van der Waals surface area contributed by atoms with Crippen LogP contribution in [0.25, 0.3) is 0 Å². The standard InChI is InChI=1S/C22H27N3O6S/c26-21-17-4-1-2-5-18(17)22(27)25(21)15-23-8-10-24(11-9-23)32(28,29)16-6-7-19-20(14-16)31-13-3-12-30-19/h1-2,6-7,14,17-18H,3-5,8-13,15H2/t17-,18-/m1/s1. The fourth-order valence-corrected chi connectivity index (χ4v) is 6.21. The van der Waals surface area contributed by atoms with Crippen molar-refractivity contribution in [3.8, 4) is 11.5 Å². The number of amides is 2. The number of allylic oxidation sites excluding steroid dienone is 2. The lowest BCUT2D eigenvalue weighted by Gasteiger charge is -2.35. The maximum absolute atomic E-state index is 13.2. The smallest absolute Gasteiger partial charge is 0.243 e. The third-order valence-corrected chi connectivity index (χ3v) is 8.52. The number of nitrogens with zero attached hydrogens (tertiary/aromatic N) is 3. The summed E-state index contributed by atoms with van der Waals surface area (Å²) in [6, 6.07) is 4.72. The van der Waals surface area contributed by atoms with Gasteiger partial charge in [-0.2, -0.15) is 4.31 Å². The Kier molecular flexibility index (Phi) is 5.68. The van der Waals surface area contributed by atoms with E-state index >= 15 is 0 Å². The van der Waals surface area contributed by atoms with Crippen LogP contribution in [0.15, 0.2) is 35.2 Å². The molecule has 3 heterocycles. The zero-order valence-corrected chi connectivity index (χ0v) is 18.6. The average molecular weight is 462 g/mol. The van der Waals surface area contributed by atoms with E-state index in [1.165, 1.54) is 15.3 Å². The van der Waals surface area contributed by atoms with E-state index in [4.69, 9.17) is 9.47 Å². The summed E-state index contributed by atoms with van der Waals surface area (Å²) in [5.41, 5.74) is 0. The number of carbonyl (C=O) groups excluding carboxylic acids is 2. The van der Waals surface area contributed by atoms with E-state index in [0.717, 1.165) is 6.42 Å². The van der Waals surface area contributed by atoms with Gasteiger partial charge in [-0.05, 0) is 25.0 Å². The molecule has 5 rings (SSSR count). The average Bonchev–Trinajstić information content (AvgIpc) is 2.97. The van der Waals surface area contributed by atoms with Gasteiger partial charge >= 0.3 is 0 Å². The van der Waals surface area contributed by atoms with Crippen LogP contribution < -0.4 is 9.47 Å². The van der Waals surface area contributed by atoms with E-state index < -0.39 is 10.0 Å². The van der Waals surface area contributed by atoms with E-state index in [9.17, 15) is 18.0 Å². The summed E-state index contributed by atoms with van der Waals surface area (Å²) in [6.45, 7) is 2.75. The van der Waals surface area contributed by atoms with Gasteiger partial charge in [0.05, 0.1) is 36.6 Å². The van der Waals surface area contributed by atoms with Crippen LogP contribution in [0.3, 0.4) is 0 Å². The molecule has 0 bridgehead atoms. The van der Waals surface area contributed by atoms with Gasteiger partial charge in [0.25, 0.3) is 0 Å². The number of likely N-dealkylation sites (tertiary alicyclic amines) is 1. The van der Waals surface area contributed by atoms with Crippen LogP contribution in [-0.2, 0) is 19.6 Å². The zero-order chi connectivity index (χ0) is 22.3. The molecule has 1 aromatic rings. The van der Waals surface area contributed by atoms with Crippen molar-refractivity contribution in [2.75, 3.05) is 46.1 Å².